The van der Waals surface area contributed by atoms with Gasteiger partial charge in [-0.1, -0.05) is 0 Å². The highest BCUT2D eigenvalue weighted by Gasteiger charge is 2.47. The van der Waals surface area contributed by atoms with Crippen LogP contribution in [0, 0.1) is 0 Å². The van der Waals surface area contributed by atoms with Gasteiger partial charge < -0.3 is 4.74 Å². The molecule has 0 aromatic heterocycles. The zero-order valence-electron chi connectivity index (χ0n) is 7.95. The predicted molar refractivity (Wildman–Crippen MR) is 71.7 cm³/mol. The van der Waals surface area contributed by atoms with E-state index in [2.05, 4.69) is 50.5 Å². The van der Waals surface area contributed by atoms with E-state index in [0.717, 1.165) is 0 Å². The van der Waals surface area contributed by atoms with E-state index in [1.165, 1.54) is 0 Å². The number of ketones is 2. The largest absolute Gasteiger partial charge is 0.347 e. The van der Waals surface area contributed by atoms with Crippen LogP contribution in [0.1, 0.15) is 6.92 Å². The number of hydrogen-bond donors (Lipinski definition) is 4. The molecule has 7 heteroatoms. The molecular formula is C8H12O3S4. The number of hydrogen-bond acceptors (Lipinski definition) is 7. The number of carbonyl (C=O) groups excluding carboxylic acids is 2. The van der Waals surface area contributed by atoms with Crippen molar-refractivity contribution in [2.45, 2.75) is 28.5 Å². The highest BCUT2D eigenvalue weighted by molar-refractivity contribution is 7.85. The minimum absolute atomic E-state index is 0.349. The smallest absolute Gasteiger partial charge is 0.191 e. The summed E-state index contributed by atoms with van der Waals surface area (Å²) in [6.07, 6.45) is -0.805. The Morgan fingerprint density at radius 2 is 1.87 bits per heavy atom. The van der Waals surface area contributed by atoms with E-state index in [0.29, 0.717) is 5.75 Å². The molecule has 3 nitrogen and oxygen atoms in total. The van der Waals surface area contributed by atoms with Crippen molar-refractivity contribution in [2.24, 2.45) is 0 Å². The van der Waals surface area contributed by atoms with Crippen molar-refractivity contribution >= 4 is 62.1 Å². The highest BCUT2D eigenvalue weighted by Crippen LogP contribution is 2.31. The summed E-state index contributed by atoms with van der Waals surface area (Å²) >= 11 is 16.3. The van der Waals surface area contributed by atoms with Gasteiger partial charge in [0.25, 0.3) is 0 Å². The minimum atomic E-state index is -0.974. The summed E-state index contributed by atoms with van der Waals surface area (Å²) in [7, 11) is 0. The monoisotopic (exact) mass is 284 g/mol. The summed E-state index contributed by atoms with van der Waals surface area (Å²) in [6, 6.07) is 0. The number of Topliss-reactive ketones (excluding diaryl/α,β-unsaturated/α-hetero) is 2. The lowest BCUT2D eigenvalue weighted by atomic mass is 9.95. The van der Waals surface area contributed by atoms with Crippen LogP contribution in [0.15, 0.2) is 0 Å². The van der Waals surface area contributed by atoms with E-state index in [-0.39, 0.29) is 5.78 Å². The van der Waals surface area contributed by atoms with Gasteiger partial charge in [0.1, 0.15) is 11.4 Å². The third-order valence-corrected chi connectivity index (χ3v) is 4.37. The van der Waals surface area contributed by atoms with E-state index < -0.39 is 27.3 Å². The maximum absolute atomic E-state index is 11.7. The Labute approximate surface area is 110 Å². The number of carbonyl (C=O) groups is 2. The highest BCUT2D eigenvalue weighted by atomic mass is 32.1. The van der Waals surface area contributed by atoms with Crippen LogP contribution in [0.2, 0.25) is 0 Å². The van der Waals surface area contributed by atoms with Gasteiger partial charge in [0.2, 0.25) is 0 Å². The lowest BCUT2D eigenvalue weighted by Crippen LogP contribution is -2.56. The molecule has 0 radical (unpaired) electrons. The Kier molecular flexibility index (Phi) is 4.51. The average molecular weight is 284 g/mol. The lowest BCUT2D eigenvalue weighted by molar-refractivity contribution is -0.148. The SMILES string of the molecule is CC(S)(CS)C1OC(S)C(=O)C(S)C1=O. The van der Waals surface area contributed by atoms with Crippen LogP contribution in [0.5, 0.6) is 0 Å². The fourth-order valence-electron chi connectivity index (χ4n) is 1.22. The molecule has 0 aliphatic carbocycles. The molecule has 4 unspecified atom stereocenters. The Balaban J connectivity index is 2.93. The van der Waals surface area contributed by atoms with Gasteiger partial charge in [-0.25, -0.2) is 0 Å². The second-order valence-corrected chi connectivity index (χ2v) is 5.91. The molecule has 0 N–H and O–H groups in total. The van der Waals surface area contributed by atoms with Crippen molar-refractivity contribution in [3.63, 3.8) is 0 Å². The molecular weight excluding hydrogens is 272 g/mol. The molecule has 1 fully saturated rings. The Morgan fingerprint density at radius 3 is 2.33 bits per heavy atom. The summed E-state index contributed by atoms with van der Waals surface area (Å²) in [4.78, 5) is 23.1. The van der Waals surface area contributed by atoms with E-state index in [1.807, 2.05) is 0 Å². The van der Waals surface area contributed by atoms with Crippen LogP contribution < -0.4 is 0 Å². The van der Waals surface area contributed by atoms with Gasteiger partial charge >= 0.3 is 0 Å². The van der Waals surface area contributed by atoms with E-state index >= 15 is 0 Å². The molecule has 0 bridgehead atoms. The van der Waals surface area contributed by atoms with Crippen molar-refractivity contribution in [3.05, 3.63) is 0 Å². The van der Waals surface area contributed by atoms with Crippen LogP contribution >= 0.6 is 50.5 Å². The summed E-state index contributed by atoms with van der Waals surface area (Å²) in [5, 5.41) is -0.974. The summed E-state index contributed by atoms with van der Waals surface area (Å²) in [5.41, 5.74) is -0.915. The molecule has 0 aromatic rings. The third kappa shape index (κ3) is 2.69. The van der Waals surface area contributed by atoms with Gasteiger partial charge in [0.15, 0.2) is 17.0 Å². The first kappa shape index (κ1) is 13.8. The quantitative estimate of drug-likeness (QED) is 0.446. The summed E-state index contributed by atoms with van der Waals surface area (Å²) in [6.45, 7) is 1.72. The van der Waals surface area contributed by atoms with E-state index in [9.17, 15) is 9.59 Å². The second kappa shape index (κ2) is 4.91. The Bertz CT molecular complexity index is 292. The minimum Gasteiger partial charge on any atom is -0.347 e. The van der Waals surface area contributed by atoms with E-state index in [1.54, 1.807) is 6.92 Å². The van der Waals surface area contributed by atoms with Crippen LogP contribution in [0.4, 0.5) is 0 Å². The van der Waals surface area contributed by atoms with Gasteiger partial charge in [-0.05, 0) is 6.92 Å². The topological polar surface area (TPSA) is 43.4 Å². The van der Waals surface area contributed by atoms with E-state index in [4.69, 9.17) is 4.74 Å². The first-order valence-corrected chi connectivity index (χ1v) is 6.35. The van der Waals surface area contributed by atoms with Crippen LogP contribution in [0.3, 0.4) is 0 Å². The van der Waals surface area contributed by atoms with Gasteiger partial charge in [0.05, 0.1) is 4.75 Å². The Hall–Kier alpha value is 0.700. The molecule has 15 heavy (non-hydrogen) atoms. The maximum Gasteiger partial charge on any atom is 0.191 e. The molecule has 4 atom stereocenters. The number of rotatable bonds is 2. The van der Waals surface area contributed by atoms with Gasteiger partial charge in [0, 0.05) is 5.75 Å². The normalized spacial score (nSPS) is 36.5. The van der Waals surface area contributed by atoms with Gasteiger partial charge in [-0.15, -0.1) is 12.6 Å². The molecule has 1 aliphatic rings. The summed E-state index contributed by atoms with van der Waals surface area (Å²) in [5.74, 6) is -0.451. The zero-order valence-corrected chi connectivity index (χ0v) is 11.5. The molecule has 0 spiro atoms. The molecule has 0 saturated carbocycles. The van der Waals surface area contributed by atoms with Crippen LogP contribution in [-0.4, -0.2) is 38.9 Å². The van der Waals surface area contributed by atoms with Crippen molar-refractivity contribution in [3.8, 4) is 0 Å². The fraction of sp³-hybridized carbons (Fsp3) is 0.750. The summed E-state index contributed by atoms with van der Waals surface area (Å²) < 4.78 is 4.49. The number of ether oxygens (including phenoxy) is 1. The van der Waals surface area contributed by atoms with Gasteiger partial charge in [-0.3, -0.25) is 9.59 Å². The average Bonchev–Trinajstić information content (AvgIpc) is 2.20. The predicted octanol–water partition coefficient (Wildman–Crippen LogP) is 0.696. The molecule has 1 saturated heterocycles. The molecule has 1 rings (SSSR count). The van der Waals surface area contributed by atoms with Crippen molar-refractivity contribution < 1.29 is 14.3 Å². The van der Waals surface area contributed by atoms with Crippen LogP contribution in [-0.2, 0) is 14.3 Å². The molecule has 0 aromatic carbocycles. The Morgan fingerprint density at radius 1 is 1.33 bits per heavy atom. The van der Waals surface area contributed by atoms with Crippen molar-refractivity contribution in [1.29, 1.82) is 0 Å². The molecule has 1 heterocycles. The van der Waals surface area contributed by atoms with Crippen molar-refractivity contribution in [1.82, 2.24) is 0 Å². The second-order valence-electron chi connectivity index (χ2n) is 3.59. The molecule has 0 amide bonds. The number of thiol groups is 4. The van der Waals surface area contributed by atoms with Gasteiger partial charge in [-0.2, -0.15) is 37.9 Å². The standard InChI is InChI=1S/C8H12O3S4/c1-8(15,2-12)6-3(9)5(13)4(10)7(14)11-6/h5-7,12-15H,2H2,1H3. The molecule has 86 valence electrons. The maximum atomic E-state index is 11.7. The van der Waals surface area contributed by atoms with Crippen LogP contribution in [0.25, 0.3) is 0 Å². The third-order valence-electron chi connectivity index (χ3n) is 2.19. The molecule has 1 aliphatic heterocycles. The first-order valence-electron chi connectivity index (χ1n) is 4.23. The lowest BCUT2D eigenvalue weighted by Gasteiger charge is -2.37. The first-order chi connectivity index (χ1) is 6.81. The zero-order chi connectivity index (χ0) is 11.8. The fourth-order valence-corrected chi connectivity index (χ4v) is 2.23. The van der Waals surface area contributed by atoms with Crippen molar-refractivity contribution in [2.75, 3.05) is 5.75 Å².